The van der Waals surface area contributed by atoms with Crippen LogP contribution in [0.2, 0.25) is 0 Å². The first-order valence-corrected chi connectivity index (χ1v) is 6.43. The van der Waals surface area contributed by atoms with Gasteiger partial charge in [-0.25, -0.2) is 18.2 Å². The van der Waals surface area contributed by atoms with Crippen LogP contribution in [0, 0.1) is 24.4 Å². The van der Waals surface area contributed by atoms with Gasteiger partial charge in [0.1, 0.15) is 18.0 Å². The van der Waals surface area contributed by atoms with E-state index in [9.17, 15) is 13.2 Å². The second-order valence-corrected chi connectivity index (χ2v) is 4.98. The third kappa shape index (κ3) is 1.99. The van der Waals surface area contributed by atoms with E-state index in [1.54, 1.807) is 25.9 Å². The van der Waals surface area contributed by atoms with E-state index in [0.717, 1.165) is 12.1 Å². The maximum atomic E-state index is 14.2. The SMILES string of the molecule is Cc1nc2ncnn2c(N(C)C)c1-c1c(F)ccc(F)c1F. The maximum Gasteiger partial charge on any atom is 0.254 e. The fourth-order valence-corrected chi connectivity index (χ4v) is 2.40. The highest BCUT2D eigenvalue weighted by Crippen LogP contribution is 2.36. The van der Waals surface area contributed by atoms with Gasteiger partial charge in [-0.2, -0.15) is 14.6 Å². The first-order valence-electron chi connectivity index (χ1n) is 6.43. The predicted octanol–water partition coefficient (Wildman–Crippen LogP) is 2.58. The number of anilines is 1. The zero-order chi connectivity index (χ0) is 16.0. The molecule has 114 valence electrons. The lowest BCUT2D eigenvalue weighted by atomic mass is 10.0. The summed E-state index contributed by atoms with van der Waals surface area (Å²) >= 11 is 0. The van der Waals surface area contributed by atoms with Crippen LogP contribution in [0.5, 0.6) is 0 Å². The highest BCUT2D eigenvalue weighted by Gasteiger charge is 2.24. The van der Waals surface area contributed by atoms with Gasteiger partial charge in [0, 0.05) is 14.1 Å². The van der Waals surface area contributed by atoms with E-state index < -0.39 is 23.0 Å². The molecule has 0 N–H and O–H groups in total. The Hall–Kier alpha value is -2.64. The molecule has 0 spiro atoms. The van der Waals surface area contributed by atoms with Gasteiger partial charge in [-0.15, -0.1) is 0 Å². The van der Waals surface area contributed by atoms with Gasteiger partial charge in [-0.3, -0.25) is 0 Å². The molecule has 8 heteroatoms. The minimum absolute atomic E-state index is 0.137. The number of fused-ring (bicyclic) bond motifs is 1. The molecule has 2 aromatic heterocycles. The van der Waals surface area contributed by atoms with Crippen molar-refractivity contribution in [3.8, 4) is 11.1 Å². The van der Waals surface area contributed by atoms with Crippen molar-refractivity contribution in [3.63, 3.8) is 0 Å². The van der Waals surface area contributed by atoms with Crippen molar-refractivity contribution in [3.05, 3.63) is 41.6 Å². The molecule has 1 aromatic carbocycles. The lowest BCUT2D eigenvalue weighted by molar-refractivity contribution is 0.498. The quantitative estimate of drug-likeness (QED) is 0.683. The van der Waals surface area contributed by atoms with Crippen LogP contribution in [-0.2, 0) is 0 Å². The molecule has 0 atom stereocenters. The van der Waals surface area contributed by atoms with E-state index in [0.29, 0.717) is 17.3 Å². The molecule has 3 aromatic rings. The number of aryl methyl sites for hydroxylation is 1. The average Bonchev–Trinajstić information content (AvgIpc) is 2.90. The van der Waals surface area contributed by atoms with E-state index >= 15 is 0 Å². The Kier molecular flexibility index (Phi) is 3.23. The predicted molar refractivity (Wildman–Crippen MR) is 75.2 cm³/mol. The van der Waals surface area contributed by atoms with Crippen molar-refractivity contribution in [2.75, 3.05) is 19.0 Å². The van der Waals surface area contributed by atoms with E-state index in [2.05, 4.69) is 15.1 Å². The molecule has 0 unspecified atom stereocenters. The Bertz CT molecular complexity index is 873. The summed E-state index contributed by atoms with van der Waals surface area (Å²) in [5.74, 6) is -2.59. The summed E-state index contributed by atoms with van der Waals surface area (Å²) in [5.41, 5.74) is -0.00352. The van der Waals surface area contributed by atoms with Gasteiger partial charge < -0.3 is 4.90 Å². The molecule has 3 rings (SSSR count). The third-order valence-electron chi connectivity index (χ3n) is 3.30. The molecule has 0 radical (unpaired) electrons. The molecule has 0 saturated carbocycles. The lowest BCUT2D eigenvalue weighted by Crippen LogP contribution is -2.17. The highest BCUT2D eigenvalue weighted by molar-refractivity contribution is 5.80. The number of rotatable bonds is 2. The molecule has 5 nitrogen and oxygen atoms in total. The van der Waals surface area contributed by atoms with Gasteiger partial charge in [0.05, 0.1) is 16.8 Å². The second kappa shape index (κ2) is 4.97. The van der Waals surface area contributed by atoms with Gasteiger partial charge in [0.15, 0.2) is 11.6 Å². The van der Waals surface area contributed by atoms with Crippen molar-refractivity contribution >= 4 is 11.6 Å². The standard InChI is InChI=1S/C14H12F3N5/c1-7-10(11-8(15)4-5-9(16)12(11)17)13(21(2)3)22-14(20-7)18-6-19-22/h4-6H,1-3H3. The molecule has 0 amide bonds. The Morgan fingerprint density at radius 2 is 1.73 bits per heavy atom. The topological polar surface area (TPSA) is 46.3 Å². The monoisotopic (exact) mass is 307 g/mol. The summed E-state index contributed by atoms with van der Waals surface area (Å²) < 4.78 is 43.3. The molecule has 0 saturated heterocycles. The number of halogens is 3. The summed E-state index contributed by atoms with van der Waals surface area (Å²) in [6, 6.07) is 1.64. The molecule has 22 heavy (non-hydrogen) atoms. The third-order valence-corrected chi connectivity index (χ3v) is 3.30. The molecular weight excluding hydrogens is 295 g/mol. The van der Waals surface area contributed by atoms with Crippen molar-refractivity contribution in [1.29, 1.82) is 0 Å². The summed E-state index contributed by atoms with van der Waals surface area (Å²) in [4.78, 5) is 9.77. The molecule has 0 fully saturated rings. The van der Waals surface area contributed by atoms with Gasteiger partial charge >= 0.3 is 0 Å². The van der Waals surface area contributed by atoms with Gasteiger partial charge in [-0.1, -0.05) is 0 Å². The van der Waals surface area contributed by atoms with Crippen molar-refractivity contribution in [1.82, 2.24) is 19.6 Å². The Morgan fingerprint density at radius 3 is 2.41 bits per heavy atom. The van der Waals surface area contributed by atoms with Crippen LogP contribution >= 0.6 is 0 Å². The molecule has 0 aliphatic heterocycles. The fourth-order valence-electron chi connectivity index (χ4n) is 2.40. The van der Waals surface area contributed by atoms with Crippen molar-refractivity contribution < 1.29 is 13.2 Å². The zero-order valence-corrected chi connectivity index (χ0v) is 12.1. The van der Waals surface area contributed by atoms with Gasteiger partial charge in [0.25, 0.3) is 5.78 Å². The van der Waals surface area contributed by atoms with Crippen LogP contribution in [0.3, 0.4) is 0 Å². The zero-order valence-electron chi connectivity index (χ0n) is 12.1. The first kappa shape index (κ1) is 14.3. The molecule has 0 bridgehead atoms. The second-order valence-electron chi connectivity index (χ2n) is 4.98. The summed E-state index contributed by atoms with van der Waals surface area (Å²) in [7, 11) is 3.38. The highest BCUT2D eigenvalue weighted by atomic mass is 19.2. The maximum absolute atomic E-state index is 14.2. The molecule has 0 aliphatic carbocycles. The molecule has 0 aliphatic rings. The molecular formula is C14H12F3N5. The summed E-state index contributed by atoms with van der Waals surface area (Å²) in [6.07, 6.45) is 1.29. The van der Waals surface area contributed by atoms with Crippen LogP contribution in [-0.4, -0.2) is 33.7 Å². The number of aromatic nitrogens is 4. The summed E-state index contributed by atoms with van der Waals surface area (Å²) in [6.45, 7) is 1.58. The van der Waals surface area contributed by atoms with E-state index in [4.69, 9.17) is 0 Å². The van der Waals surface area contributed by atoms with Crippen LogP contribution in [0.15, 0.2) is 18.5 Å². The van der Waals surface area contributed by atoms with Gasteiger partial charge in [0.2, 0.25) is 0 Å². The number of hydrogen-bond acceptors (Lipinski definition) is 4. The first-order chi connectivity index (χ1) is 10.4. The molecule has 2 heterocycles. The van der Waals surface area contributed by atoms with E-state index in [-0.39, 0.29) is 5.56 Å². The Labute approximate surface area is 124 Å². The van der Waals surface area contributed by atoms with Crippen LogP contribution in [0.25, 0.3) is 16.9 Å². The number of hydrogen-bond donors (Lipinski definition) is 0. The minimum Gasteiger partial charge on any atom is -0.362 e. The Balaban J connectivity index is 2.48. The van der Waals surface area contributed by atoms with Crippen LogP contribution < -0.4 is 4.90 Å². The average molecular weight is 307 g/mol. The largest absolute Gasteiger partial charge is 0.362 e. The van der Waals surface area contributed by atoms with E-state index in [1.165, 1.54) is 10.8 Å². The fraction of sp³-hybridized carbons (Fsp3) is 0.214. The smallest absolute Gasteiger partial charge is 0.254 e. The number of nitrogens with zero attached hydrogens (tertiary/aromatic N) is 5. The van der Waals surface area contributed by atoms with Crippen LogP contribution in [0.1, 0.15) is 5.69 Å². The van der Waals surface area contributed by atoms with Crippen molar-refractivity contribution in [2.24, 2.45) is 0 Å². The number of benzene rings is 1. The summed E-state index contributed by atoms with van der Waals surface area (Å²) in [5, 5.41) is 4.01. The van der Waals surface area contributed by atoms with E-state index in [1.807, 2.05) is 0 Å². The van der Waals surface area contributed by atoms with Crippen LogP contribution in [0.4, 0.5) is 19.0 Å². The Morgan fingerprint density at radius 1 is 1.05 bits per heavy atom. The lowest BCUT2D eigenvalue weighted by Gasteiger charge is -2.20. The van der Waals surface area contributed by atoms with Crippen molar-refractivity contribution in [2.45, 2.75) is 6.92 Å². The minimum atomic E-state index is -1.26. The van der Waals surface area contributed by atoms with Gasteiger partial charge in [-0.05, 0) is 19.1 Å². The normalized spacial score (nSPS) is 11.2.